The Kier molecular flexibility index (Phi) is 8.81. The van der Waals surface area contributed by atoms with Gasteiger partial charge in [-0.2, -0.15) is 0 Å². The number of hydrogen-bond donors (Lipinski definition) is 1. The number of amides is 2. The predicted octanol–water partition coefficient (Wildman–Crippen LogP) is 4.69. The molecule has 0 spiro atoms. The van der Waals surface area contributed by atoms with Crippen molar-refractivity contribution in [1.82, 2.24) is 39.7 Å². The minimum Gasteiger partial charge on any atom is -0.496 e. The van der Waals surface area contributed by atoms with E-state index in [1.165, 1.54) is 0 Å². The number of fused-ring (bicyclic) bond motifs is 1. The molecule has 0 aliphatic carbocycles. The molecule has 0 atom stereocenters. The van der Waals surface area contributed by atoms with Crippen molar-refractivity contribution < 1.29 is 18.7 Å². The summed E-state index contributed by atoms with van der Waals surface area (Å²) in [6, 6.07) is 11.2. The van der Waals surface area contributed by atoms with Crippen molar-refractivity contribution in [2.24, 2.45) is 0 Å². The molecule has 1 N–H and O–H groups in total. The number of nitrogens with zero attached hydrogens (tertiary/aromatic N) is 7. The molecule has 2 aliphatic heterocycles. The third kappa shape index (κ3) is 6.41. The fourth-order valence-corrected chi connectivity index (χ4v) is 7.03. The van der Waals surface area contributed by atoms with Gasteiger partial charge in [-0.3, -0.25) is 19.2 Å². The Morgan fingerprint density at radius 1 is 1.02 bits per heavy atom. The lowest BCUT2D eigenvalue weighted by Gasteiger charge is -2.34. The molecule has 3 aromatic heterocycles. The molecule has 242 valence electrons. The molecule has 0 radical (unpaired) electrons. The highest BCUT2D eigenvalue weighted by Crippen LogP contribution is 2.40. The Morgan fingerprint density at radius 3 is 2.64 bits per heavy atom. The second-order valence-electron chi connectivity index (χ2n) is 11.7. The molecule has 0 unspecified atom stereocenters. The minimum absolute atomic E-state index is 0.0305. The van der Waals surface area contributed by atoms with Crippen LogP contribution in [0.25, 0.3) is 27.6 Å². The van der Waals surface area contributed by atoms with Gasteiger partial charge in [0.1, 0.15) is 16.5 Å². The molecule has 2 amide bonds. The third-order valence-corrected chi connectivity index (χ3v) is 9.62. The van der Waals surface area contributed by atoms with Gasteiger partial charge < -0.3 is 19.5 Å². The van der Waals surface area contributed by atoms with Gasteiger partial charge in [-0.05, 0) is 35.8 Å². The first-order valence-electron chi connectivity index (χ1n) is 15.7. The van der Waals surface area contributed by atoms with E-state index in [1.807, 2.05) is 52.9 Å². The second kappa shape index (κ2) is 13.5. The number of ether oxygens (including phenoxy) is 1. The number of methoxy groups -OCH3 is 1. The van der Waals surface area contributed by atoms with Crippen LogP contribution < -0.4 is 4.74 Å². The van der Waals surface area contributed by atoms with Gasteiger partial charge >= 0.3 is 0 Å². The molecule has 0 saturated carbocycles. The van der Waals surface area contributed by atoms with Crippen LogP contribution in [0, 0.1) is 5.82 Å². The SMILES string of the molecule is COc1ccccc1-c1cc(C2=CCCN(C(=O)CCn3ccnn3)C2)c(F)c2[nH]c(C(=O)N3CCN(Cc4nccs4)CC3)cc12. The van der Waals surface area contributed by atoms with E-state index in [2.05, 4.69) is 25.2 Å². The summed E-state index contributed by atoms with van der Waals surface area (Å²) in [4.78, 5) is 40.3. The van der Waals surface area contributed by atoms with Crippen molar-refractivity contribution in [2.75, 3.05) is 46.4 Å². The predicted molar refractivity (Wildman–Crippen MR) is 177 cm³/mol. The number of hydrogen-bond acceptors (Lipinski definition) is 8. The normalized spacial score (nSPS) is 15.7. The first kappa shape index (κ1) is 30.8. The third-order valence-electron chi connectivity index (χ3n) is 8.86. The number of aromatic nitrogens is 5. The average molecular weight is 655 g/mol. The Balaban J connectivity index is 1.18. The quantitative estimate of drug-likeness (QED) is 0.245. The Bertz CT molecular complexity index is 1910. The molecule has 7 rings (SSSR count). The van der Waals surface area contributed by atoms with Crippen molar-refractivity contribution >= 4 is 39.6 Å². The van der Waals surface area contributed by atoms with Crippen molar-refractivity contribution in [3.8, 4) is 16.9 Å². The molecular weight excluding hydrogens is 619 g/mol. The number of para-hydroxylation sites is 1. The number of piperazine rings is 1. The molecule has 0 bridgehead atoms. The van der Waals surface area contributed by atoms with Crippen LogP contribution in [0.2, 0.25) is 0 Å². The number of aryl methyl sites for hydroxylation is 1. The van der Waals surface area contributed by atoms with Crippen molar-refractivity contribution in [1.29, 1.82) is 0 Å². The molecule has 2 aliphatic rings. The van der Waals surface area contributed by atoms with Crippen LogP contribution in [0.5, 0.6) is 5.75 Å². The first-order valence-corrected chi connectivity index (χ1v) is 16.6. The maximum absolute atomic E-state index is 16.6. The highest BCUT2D eigenvalue weighted by atomic mass is 32.1. The first-order chi connectivity index (χ1) is 23.0. The second-order valence-corrected chi connectivity index (χ2v) is 12.7. The lowest BCUT2D eigenvalue weighted by atomic mass is 9.93. The van der Waals surface area contributed by atoms with Crippen LogP contribution in [0.15, 0.2) is 66.4 Å². The number of benzene rings is 2. The van der Waals surface area contributed by atoms with Crippen LogP contribution in [0.1, 0.15) is 33.9 Å². The van der Waals surface area contributed by atoms with E-state index in [9.17, 15) is 9.59 Å². The zero-order valence-corrected chi connectivity index (χ0v) is 26.9. The number of aromatic amines is 1. The molecule has 1 fully saturated rings. The Morgan fingerprint density at radius 2 is 1.87 bits per heavy atom. The van der Waals surface area contributed by atoms with Crippen LogP contribution in [-0.2, 0) is 17.9 Å². The van der Waals surface area contributed by atoms with Gasteiger partial charge in [-0.1, -0.05) is 29.5 Å². The number of thiazole rings is 1. The summed E-state index contributed by atoms with van der Waals surface area (Å²) in [6.45, 7) is 4.64. The fourth-order valence-electron chi connectivity index (χ4n) is 6.37. The molecule has 5 aromatic rings. The van der Waals surface area contributed by atoms with E-state index in [1.54, 1.807) is 46.5 Å². The zero-order valence-electron chi connectivity index (χ0n) is 26.1. The van der Waals surface area contributed by atoms with Crippen LogP contribution >= 0.6 is 11.3 Å². The van der Waals surface area contributed by atoms with Crippen LogP contribution in [-0.4, -0.2) is 97.9 Å². The van der Waals surface area contributed by atoms with Gasteiger partial charge in [0, 0.05) is 80.0 Å². The molecule has 11 nitrogen and oxygen atoms in total. The monoisotopic (exact) mass is 654 g/mol. The highest BCUT2D eigenvalue weighted by molar-refractivity contribution is 7.09. The van der Waals surface area contributed by atoms with E-state index >= 15 is 4.39 Å². The summed E-state index contributed by atoms with van der Waals surface area (Å²) in [5.74, 6) is -0.00596. The lowest BCUT2D eigenvalue weighted by Crippen LogP contribution is -2.48. The molecular formula is C34H35FN8O3S. The lowest BCUT2D eigenvalue weighted by molar-refractivity contribution is -0.131. The number of carbonyl (C=O) groups is 2. The summed E-state index contributed by atoms with van der Waals surface area (Å²) >= 11 is 1.63. The van der Waals surface area contributed by atoms with Gasteiger partial charge in [0.05, 0.1) is 31.9 Å². The largest absolute Gasteiger partial charge is 0.496 e. The minimum atomic E-state index is -0.450. The van der Waals surface area contributed by atoms with Gasteiger partial charge in [-0.25, -0.2) is 9.37 Å². The van der Waals surface area contributed by atoms with E-state index < -0.39 is 5.82 Å². The van der Waals surface area contributed by atoms with Crippen molar-refractivity contribution in [3.05, 3.63) is 88.5 Å². The summed E-state index contributed by atoms with van der Waals surface area (Å²) < 4.78 is 23.9. The van der Waals surface area contributed by atoms with Crippen molar-refractivity contribution in [3.63, 3.8) is 0 Å². The Hall–Kier alpha value is -4.88. The fraction of sp³-hybridized carbons (Fsp3) is 0.324. The Labute approximate surface area is 275 Å². The standard InChI is InChI=1S/C34H35FN8O3S/c1-46-29-7-3-2-6-24(29)26-19-25(23-5-4-11-42(21-23)31(44)8-12-43-13-9-37-39-43)32(35)33-27(26)20-28(38-33)34(45)41-16-14-40(15-17-41)22-30-36-10-18-47-30/h2-3,5-7,9-10,13,18-20,38H,4,8,11-12,14-17,21-22H2,1H3. The van der Waals surface area contributed by atoms with Crippen LogP contribution in [0.4, 0.5) is 4.39 Å². The molecule has 2 aromatic carbocycles. The summed E-state index contributed by atoms with van der Waals surface area (Å²) in [5.41, 5.74) is 3.23. The topological polar surface area (TPSA) is 112 Å². The van der Waals surface area contributed by atoms with Gasteiger partial charge in [-0.15, -0.1) is 16.4 Å². The van der Waals surface area contributed by atoms with Gasteiger partial charge in [0.25, 0.3) is 5.91 Å². The zero-order chi connectivity index (χ0) is 32.3. The van der Waals surface area contributed by atoms with E-state index in [0.29, 0.717) is 55.0 Å². The van der Waals surface area contributed by atoms with Crippen molar-refractivity contribution in [2.45, 2.75) is 25.9 Å². The molecule has 1 saturated heterocycles. The van der Waals surface area contributed by atoms with Crippen LogP contribution in [0.3, 0.4) is 0 Å². The number of rotatable bonds is 9. The summed E-state index contributed by atoms with van der Waals surface area (Å²) in [6.07, 6.45) is 7.98. The molecule has 5 heterocycles. The smallest absolute Gasteiger partial charge is 0.270 e. The summed E-state index contributed by atoms with van der Waals surface area (Å²) in [5, 5.41) is 11.4. The highest BCUT2D eigenvalue weighted by Gasteiger charge is 2.28. The molecule has 13 heteroatoms. The number of carbonyl (C=O) groups excluding carboxylic acids is 2. The molecule has 47 heavy (non-hydrogen) atoms. The summed E-state index contributed by atoms with van der Waals surface area (Å²) in [7, 11) is 1.60. The maximum Gasteiger partial charge on any atom is 0.270 e. The maximum atomic E-state index is 16.6. The van der Waals surface area contributed by atoms with E-state index in [-0.39, 0.29) is 30.3 Å². The van der Waals surface area contributed by atoms with E-state index in [0.717, 1.165) is 41.3 Å². The number of H-pyrrole nitrogens is 1. The van der Waals surface area contributed by atoms with Gasteiger partial charge in [0.2, 0.25) is 5.91 Å². The number of halogens is 1. The average Bonchev–Trinajstić information content (AvgIpc) is 3.91. The van der Waals surface area contributed by atoms with Gasteiger partial charge in [0.15, 0.2) is 5.82 Å². The van der Waals surface area contributed by atoms with E-state index in [4.69, 9.17) is 4.74 Å². The number of nitrogens with one attached hydrogen (secondary N) is 1.